The summed E-state index contributed by atoms with van der Waals surface area (Å²) in [6.45, 7) is 5.18. The molecule has 0 aromatic heterocycles. The maximum atomic E-state index is 13.9. The van der Waals surface area contributed by atoms with Crippen LogP contribution in [0.15, 0.2) is 6.07 Å². The molecule has 1 saturated heterocycles. The van der Waals surface area contributed by atoms with E-state index in [4.69, 9.17) is 0 Å². The highest BCUT2D eigenvalue weighted by Gasteiger charge is 2.20. The minimum absolute atomic E-state index is 0.231. The zero-order valence-electron chi connectivity index (χ0n) is 9.74. The summed E-state index contributed by atoms with van der Waals surface area (Å²) in [6, 6.07) is 1.28. The van der Waals surface area contributed by atoms with Gasteiger partial charge in [0.1, 0.15) is 11.6 Å². The molecule has 0 aliphatic carbocycles. The Morgan fingerprint density at radius 3 is 2.75 bits per heavy atom. The van der Waals surface area contributed by atoms with Crippen LogP contribution in [-0.4, -0.2) is 13.1 Å². The highest BCUT2D eigenvalue weighted by molar-refractivity contribution is 5.34. The molecule has 1 aliphatic rings. The normalized spacial score (nSPS) is 20.4. The van der Waals surface area contributed by atoms with Crippen LogP contribution < -0.4 is 5.32 Å². The minimum Gasteiger partial charge on any atom is -0.316 e. The van der Waals surface area contributed by atoms with E-state index in [1.165, 1.54) is 6.07 Å². The summed E-state index contributed by atoms with van der Waals surface area (Å²) in [5.41, 5.74) is 1.44. The number of hydrogen-bond donors (Lipinski definition) is 1. The maximum Gasteiger partial charge on any atom is 0.129 e. The van der Waals surface area contributed by atoms with Gasteiger partial charge in [-0.1, -0.05) is 0 Å². The van der Waals surface area contributed by atoms with Crippen molar-refractivity contribution >= 4 is 0 Å². The van der Waals surface area contributed by atoms with E-state index in [2.05, 4.69) is 5.32 Å². The molecule has 0 saturated carbocycles. The average molecular weight is 225 g/mol. The van der Waals surface area contributed by atoms with Crippen molar-refractivity contribution in [3.63, 3.8) is 0 Å². The minimum atomic E-state index is -0.292. The van der Waals surface area contributed by atoms with Crippen LogP contribution in [0.5, 0.6) is 0 Å². The summed E-state index contributed by atoms with van der Waals surface area (Å²) in [6.07, 6.45) is 1.69. The third-order valence-corrected chi connectivity index (χ3v) is 3.42. The first-order valence-electron chi connectivity index (χ1n) is 5.74. The predicted octanol–water partition coefficient (Wildman–Crippen LogP) is 2.73. The molecule has 0 amide bonds. The Hall–Kier alpha value is -0.960. The van der Waals surface area contributed by atoms with Crippen molar-refractivity contribution in [2.45, 2.75) is 26.7 Å². The lowest BCUT2D eigenvalue weighted by Crippen LogP contribution is -2.13. The van der Waals surface area contributed by atoms with Gasteiger partial charge in [-0.2, -0.15) is 0 Å². The van der Waals surface area contributed by atoms with Gasteiger partial charge in [-0.3, -0.25) is 0 Å². The second kappa shape index (κ2) is 4.50. The van der Waals surface area contributed by atoms with Crippen molar-refractivity contribution in [3.8, 4) is 0 Å². The van der Waals surface area contributed by atoms with E-state index in [1.807, 2.05) is 0 Å². The molecule has 1 aromatic rings. The summed E-state index contributed by atoms with van der Waals surface area (Å²) in [5.74, 6) is -0.0833. The lowest BCUT2D eigenvalue weighted by atomic mass is 9.93. The monoisotopic (exact) mass is 225 g/mol. The van der Waals surface area contributed by atoms with Gasteiger partial charge in [0.05, 0.1) is 0 Å². The summed E-state index contributed by atoms with van der Waals surface area (Å²) < 4.78 is 27.4. The van der Waals surface area contributed by atoms with Crippen LogP contribution in [0.4, 0.5) is 8.78 Å². The van der Waals surface area contributed by atoms with E-state index in [1.54, 1.807) is 13.8 Å². The largest absolute Gasteiger partial charge is 0.316 e. The maximum absolute atomic E-state index is 13.9. The molecule has 1 nitrogen and oxygen atoms in total. The second-order valence-corrected chi connectivity index (χ2v) is 4.66. The molecule has 1 atom stereocenters. The Morgan fingerprint density at radius 1 is 1.38 bits per heavy atom. The molecule has 1 heterocycles. The number of nitrogens with one attached hydrogen (secondary N) is 1. The van der Waals surface area contributed by atoms with Gasteiger partial charge in [0.15, 0.2) is 0 Å². The van der Waals surface area contributed by atoms with Gasteiger partial charge in [-0.15, -0.1) is 0 Å². The fraction of sp³-hybridized carbons (Fsp3) is 0.538. The van der Waals surface area contributed by atoms with Gasteiger partial charge in [0.25, 0.3) is 0 Å². The molecule has 3 heteroatoms. The van der Waals surface area contributed by atoms with Crippen molar-refractivity contribution < 1.29 is 8.78 Å². The van der Waals surface area contributed by atoms with Gasteiger partial charge >= 0.3 is 0 Å². The van der Waals surface area contributed by atoms with Crippen LogP contribution in [0.25, 0.3) is 0 Å². The van der Waals surface area contributed by atoms with Crippen molar-refractivity contribution in [3.05, 3.63) is 34.4 Å². The zero-order valence-corrected chi connectivity index (χ0v) is 9.74. The SMILES string of the molecule is Cc1cc(F)c(C)c(CC2CCNC2)c1F. The van der Waals surface area contributed by atoms with Crippen LogP contribution in [0.2, 0.25) is 0 Å². The molecular formula is C13H17F2N. The topological polar surface area (TPSA) is 12.0 Å². The molecule has 1 aliphatic heterocycles. The molecule has 16 heavy (non-hydrogen) atoms. The molecule has 0 radical (unpaired) electrons. The van der Waals surface area contributed by atoms with Crippen LogP contribution in [0, 0.1) is 31.4 Å². The summed E-state index contributed by atoms with van der Waals surface area (Å²) >= 11 is 0. The summed E-state index contributed by atoms with van der Waals surface area (Å²) in [5, 5.41) is 3.24. The standard InChI is InChI=1S/C13H17F2N/c1-8-5-12(14)9(2)11(13(8)15)6-10-3-4-16-7-10/h5,10,16H,3-4,6-7H2,1-2H3. The predicted molar refractivity (Wildman–Crippen MR) is 60.5 cm³/mol. The van der Waals surface area contributed by atoms with Gasteiger partial charge in [0.2, 0.25) is 0 Å². The summed E-state index contributed by atoms with van der Waals surface area (Å²) in [4.78, 5) is 0. The molecule has 1 aromatic carbocycles. The highest BCUT2D eigenvalue weighted by Crippen LogP contribution is 2.24. The zero-order chi connectivity index (χ0) is 11.7. The van der Waals surface area contributed by atoms with Gasteiger partial charge in [0, 0.05) is 0 Å². The number of hydrogen-bond acceptors (Lipinski definition) is 1. The smallest absolute Gasteiger partial charge is 0.129 e. The number of rotatable bonds is 2. The number of halogens is 2. The number of aryl methyl sites for hydroxylation is 1. The number of benzene rings is 1. The Bertz CT molecular complexity index is 369. The second-order valence-electron chi connectivity index (χ2n) is 4.66. The quantitative estimate of drug-likeness (QED) is 0.816. The lowest BCUT2D eigenvalue weighted by Gasteiger charge is -2.14. The third-order valence-electron chi connectivity index (χ3n) is 3.42. The molecule has 1 N–H and O–H groups in total. The Balaban J connectivity index is 2.31. The van der Waals surface area contributed by atoms with E-state index < -0.39 is 0 Å². The first kappa shape index (κ1) is 11.5. The highest BCUT2D eigenvalue weighted by atomic mass is 19.1. The van der Waals surface area contributed by atoms with Crippen LogP contribution in [-0.2, 0) is 6.42 Å². The fourth-order valence-electron chi connectivity index (χ4n) is 2.33. The van der Waals surface area contributed by atoms with E-state index in [9.17, 15) is 8.78 Å². The fourth-order valence-corrected chi connectivity index (χ4v) is 2.33. The van der Waals surface area contributed by atoms with E-state index in [0.717, 1.165) is 19.5 Å². The van der Waals surface area contributed by atoms with Crippen molar-refractivity contribution in [1.29, 1.82) is 0 Å². The molecule has 2 rings (SSSR count). The summed E-state index contributed by atoms with van der Waals surface area (Å²) in [7, 11) is 0. The van der Waals surface area contributed by atoms with Gasteiger partial charge in [-0.05, 0) is 68.5 Å². The first-order valence-corrected chi connectivity index (χ1v) is 5.74. The van der Waals surface area contributed by atoms with Crippen molar-refractivity contribution in [2.75, 3.05) is 13.1 Å². The van der Waals surface area contributed by atoms with Crippen LogP contribution >= 0.6 is 0 Å². The van der Waals surface area contributed by atoms with E-state index in [-0.39, 0.29) is 11.6 Å². The van der Waals surface area contributed by atoms with Crippen molar-refractivity contribution in [2.24, 2.45) is 5.92 Å². The van der Waals surface area contributed by atoms with Crippen molar-refractivity contribution in [1.82, 2.24) is 5.32 Å². The lowest BCUT2D eigenvalue weighted by molar-refractivity contribution is 0.525. The molecule has 0 spiro atoms. The third kappa shape index (κ3) is 2.09. The Morgan fingerprint density at radius 2 is 2.12 bits per heavy atom. The molecule has 1 unspecified atom stereocenters. The van der Waals surface area contributed by atoms with E-state index in [0.29, 0.717) is 29.0 Å². The molecule has 1 fully saturated rings. The molecular weight excluding hydrogens is 208 g/mol. The van der Waals surface area contributed by atoms with Gasteiger partial charge < -0.3 is 5.32 Å². The van der Waals surface area contributed by atoms with E-state index >= 15 is 0 Å². The Labute approximate surface area is 94.9 Å². The van der Waals surface area contributed by atoms with Crippen LogP contribution in [0.3, 0.4) is 0 Å². The molecule has 0 bridgehead atoms. The Kier molecular flexibility index (Phi) is 3.24. The average Bonchev–Trinajstić information content (AvgIpc) is 2.74. The first-order chi connectivity index (χ1) is 7.59. The molecule has 88 valence electrons. The van der Waals surface area contributed by atoms with Crippen LogP contribution in [0.1, 0.15) is 23.1 Å². The van der Waals surface area contributed by atoms with Gasteiger partial charge in [-0.25, -0.2) is 8.78 Å².